The molecule has 4 aliphatic rings. The molecule has 0 aromatic heterocycles. The third-order valence-corrected chi connectivity index (χ3v) is 10.1. The zero-order chi connectivity index (χ0) is 28.2. The molecule has 208 valence electrons. The monoisotopic (exact) mass is 561 g/mol. The standard InChI is InChI=1S/C29H31N5O5S/c1-17-8-6-7-11-19(17)15-34-26(38)23-28(34,2)40-16-33(23)27(39)24(36)29(14-20(29)18-9-4-3-5-10-18)30-25(37)21-12-13-22(35)32-31-21/h3-11,20,23-24,36H,12-16H2,1-2H3,(H,30,37)(H,32,35)/t20-,23+,24+,28?,29?/m0/s1. The van der Waals surface area contributed by atoms with Gasteiger partial charge in [0.1, 0.15) is 16.6 Å². The van der Waals surface area contributed by atoms with Crippen molar-refractivity contribution in [3.63, 3.8) is 0 Å². The Morgan fingerprint density at radius 2 is 1.88 bits per heavy atom. The first-order chi connectivity index (χ1) is 19.2. The number of carbonyl (C=O) groups is 4. The van der Waals surface area contributed by atoms with E-state index in [1.54, 1.807) is 4.90 Å². The summed E-state index contributed by atoms with van der Waals surface area (Å²) in [6.45, 7) is 4.41. The maximum Gasteiger partial charge on any atom is 0.268 e. The molecule has 0 spiro atoms. The van der Waals surface area contributed by atoms with Gasteiger partial charge in [0.05, 0.1) is 11.4 Å². The number of β-lactam (4-membered cyclic amide) rings is 1. The van der Waals surface area contributed by atoms with Crippen LogP contribution in [0.15, 0.2) is 59.7 Å². The van der Waals surface area contributed by atoms with Crippen LogP contribution in [0.3, 0.4) is 0 Å². The highest BCUT2D eigenvalue weighted by Crippen LogP contribution is 2.56. The fourth-order valence-electron chi connectivity index (χ4n) is 6.10. The van der Waals surface area contributed by atoms with Gasteiger partial charge in [0.15, 0.2) is 6.10 Å². The number of aryl methyl sites for hydroxylation is 1. The van der Waals surface area contributed by atoms with Crippen molar-refractivity contribution in [3.05, 3.63) is 71.3 Å². The molecule has 5 atom stereocenters. The number of thioether (sulfide) groups is 1. The van der Waals surface area contributed by atoms with Crippen LogP contribution in [0, 0.1) is 6.92 Å². The van der Waals surface area contributed by atoms with Crippen molar-refractivity contribution in [1.82, 2.24) is 20.5 Å². The number of amides is 4. The van der Waals surface area contributed by atoms with Crippen molar-refractivity contribution in [1.29, 1.82) is 0 Å². The van der Waals surface area contributed by atoms with Crippen molar-refractivity contribution in [2.75, 3.05) is 5.88 Å². The molecule has 4 amide bonds. The van der Waals surface area contributed by atoms with E-state index in [9.17, 15) is 24.3 Å². The molecule has 3 N–H and O–H groups in total. The van der Waals surface area contributed by atoms with Gasteiger partial charge < -0.3 is 20.2 Å². The molecule has 2 aromatic rings. The molecule has 2 saturated heterocycles. The minimum atomic E-state index is -1.57. The van der Waals surface area contributed by atoms with E-state index < -0.39 is 34.4 Å². The van der Waals surface area contributed by atoms with Crippen LogP contribution < -0.4 is 10.7 Å². The van der Waals surface area contributed by atoms with Crippen molar-refractivity contribution in [2.24, 2.45) is 5.10 Å². The Labute approximate surface area is 236 Å². The molecule has 1 aliphatic carbocycles. The first-order valence-corrected chi connectivity index (χ1v) is 14.4. The minimum absolute atomic E-state index is 0.134. The summed E-state index contributed by atoms with van der Waals surface area (Å²) in [7, 11) is 0. The van der Waals surface area contributed by atoms with Crippen molar-refractivity contribution in [2.45, 2.75) is 68.1 Å². The van der Waals surface area contributed by atoms with Crippen LogP contribution in [0.5, 0.6) is 0 Å². The second kappa shape index (κ2) is 9.74. The molecule has 40 heavy (non-hydrogen) atoms. The number of likely N-dealkylation sites (tertiary alicyclic amines) is 1. The van der Waals surface area contributed by atoms with Gasteiger partial charge in [0.2, 0.25) is 11.8 Å². The van der Waals surface area contributed by atoms with Gasteiger partial charge in [0, 0.05) is 25.3 Å². The van der Waals surface area contributed by atoms with Gasteiger partial charge in [-0.2, -0.15) is 5.10 Å². The highest BCUT2D eigenvalue weighted by atomic mass is 32.2. The van der Waals surface area contributed by atoms with E-state index in [1.165, 1.54) is 16.7 Å². The zero-order valence-corrected chi connectivity index (χ0v) is 23.1. The van der Waals surface area contributed by atoms with E-state index in [0.29, 0.717) is 13.0 Å². The minimum Gasteiger partial charge on any atom is -0.381 e. The van der Waals surface area contributed by atoms with Crippen LogP contribution >= 0.6 is 11.8 Å². The number of rotatable bonds is 7. The Morgan fingerprint density at radius 1 is 1.15 bits per heavy atom. The molecule has 3 heterocycles. The lowest BCUT2D eigenvalue weighted by molar-refractivity contribution is -0.168. The number of nitrogens with zero attached hydrogens (tertiary/aromatic N) is 3. The van der Waals surface area contributed by atoms with Crippen LogP contribution in [0.25, 0.3) is 0 Å². The zero-order valence-electron chi connectivity index (χ0n) is 22.3. The summed E-state index contributed by atoms with van der Waals surface area (Å²) in [5.41, 5.74) is 4.23. The molecule has 2 unspecified atom stereocenters. The second-order valence-corrected chi connectivity index (χ2v) is 12.4. The highest BCUT2D eigenvalue weighted by Gasteiger charge is 2.68. The summed E-state index contributed by atoms with van der Waals surface area (Å²) in [5, 5.41) is 18.3. The molecule has 0 bridgehead atoms. The van der Waals surface area contributed by atoms with Crippen molar-refractivity contribution < 1.29 is 24.3 Å². The molecular formula is C29H31N5O5S. The van der Waals surface area contributed by atoms with Gasteiger partial charge >= 0.3 is 0 Å². The number of aliphatic hydroxyl groups is 1. The number of carbonyl (C=O) groups excluding carboxylic acids is 4. The smallest absolute Gasteiger partial charge is 0.268 e. The van der Waals surface area contributed by atoms with Crippen LogP contribution in [-0.2, 0) is 25.7 Å². The van der Waals surface area contributed by atoms with E-state index in [0.717, 1.165) is 16.7 Å². The van der Waals surface area contributed by atoms with Crippen molar-refractivity contribution in [3.8, 4) is 0 Å². The number of hydrogen-bond acceptors (Lipinski definition) is 7. The Bertz CT molecular complexity index is 1430. The Hall–Kier alpha value is -3.70. The second-order valence-electron chi connectivity index (χ2n) is 11.0. The normalized spacial score (nSPS) is 29.6. The van der Waals surface area contributed by atoms with E-state index in [1.807, 2.05) is 68.4 Å². The average molecular weight is 562 g/mol. The average Bonchev–Trinajstić information content (AvgIpc) is 3.60. The number of hydrazone groups is 1. The third-order valence-electron chi connectivity index (χ3n) is 8.66. The van der Waals surface area contributed by atoms with Gasteiger partial charge in [-0.25, -0.2) is 5.43 Å². The maximum absolute atomic E-state index is 13.9. The summed E-state index contributed by atoms with van der Waals surface area (Å²) in [4.78, 5) is 54.5. The van der Waals surface area contributed by atoms with Crippen LogP contribution in [0.1, 0.15) is 48.8 Å². The number of aliphatic hydroxyl groups excluding tert-OH is 1. The predicted octanol–water partition coefficient (Wildman–Crippen LogP) is 1.62. The maximum atomic E-state index is 13.9. The van der Waals surface area contributed by atoms with E-state index >= 15 is 0 Å². The SMILES string of the molecule is Cc1ccccc1CN1C(=O)[C@H]2N(C(=O)[C@@H](O)C3(NC(=O)C4=NNC(=O)CC4)C[C@H]3c3ccccc3)CSC21C. The molecule has 11 heteroatoms. The number of hydrogen-bond donors (Lipinski definition) is 3. The molecule has 3 fully saturated rings. The molecule has 3 aliphatic heterocycles. The Morgan fingerprint density at radius 3 is 2.58 bits per heavy atom. The van der Waals surface area contributed by atoms with Gasteiger partial charge in [-0.3, -0.25) is 19.2 Å². The van der Waals surface area contributed by atoms with E-state index in [4.69, 9.17) is 0 Å². The Balaban J connectivity index is 1.22. The Kier molecular flexibility index (Phi) is 6.46. The van der Waals surface area contributed by atoms with Gasteiger partial charge in [-0.05, 0) is 37.0 Å². The quantitative estimate of drug-likeness (QED) is 0.441. The molecule has 6 rings (SSSR count). The molecule has 1 saturated carbocycles. The number of nitrogens with one attached hydrogen (secondary N) is 2. The lowest BCUT2D eigenvalue weighted by atomic mass is 9.91. The highest BCUT2D eigenvalue weighted by molar-refractivity contribution is 8.01. The fourth-order valence-corrected chi connectivity index (χ4v) is 7.47. The molecule has 10 nitrogen and oxygen atoms in total. The van der Waals surface area contributed by atoms with E-state index in [-0.39, 0.29) is 42.2 Å². The predicted molar refractivity (Wildman–Crippen MR) is 149 cm³/mol. The van der Waals surface area contributed by atoms with Crippen molar-refractivity contribution >= 4 is 41.1 Å². The van der Waals surface area contributed by atoms with Gasteiger partial charge in [0.25, 0.3) is 11.8 Å². The summed E-state index contributed by atoms with van der Waals surface area (Å²) in [5.74, 6) is -1.58. The summed E-state index contributed by atoms with van der Waals surface area (Å²) in [6.07, 6.45) is -0.912. The first kappa shape index (κ1) is 26.5. The summed E-state index contributed by atoms with van der Waals surface area (Å²) < 4.78 is 0. The lowest BCUT2D eigenvalue weighted by Crippen LogP contribution is -2.73. The molecule has 2 aromatic carbocycles. The third kappa shape index (κ3) is 4.19. The number of fused-ring (bicyclic) bond motifs is 1. The van der Waals surface area contributed by atoms with Gasteiger partial charge in [-0.15, -0.1) is 11.8 Å². The molecular weight excluding hydrogens is 530 g/mol. The number of benzene rings is 2. The summed E-state index contributed by atoms with van der Waals surface area (Å²) >= 11 is 1.50. The summed E-state index contributed by atoms with van der Waals surface area (Å²) in [6, 6.07) is 16.6. The topological polar surface area (TPSA) is 131 Å². The fraction of sp³-hybridized carbons (Fsp3) is 0.414. The molecule has 0 radical (unpaired) electrons. The van der Waals surface area contributed by atoms with Gasteiger partial charge in [-0.1, -0.05) is 54.6 Å². The lowest BCUT2D eigenvalue weighted by Gasteiger charge is -2.53. The van der Waals surface area contributed by atoms with Crippen LogP contribution in [-0.4, -0.2) is 72.7 Å². The van der Waals surface area contributed by atoms with E-state index in [2.05, 4.69) is 15.8 Å². The van der Waals surface area contributed by atoms with Crippen LogP contribution in [0.2, 0.25) is 0 Å². The largest absolute Gasteiger partial charge is 0.381 e. The van der Waals surface area contributed by atoms with Crippen LogP contribution in [0.4, 0.5) is 0 Å². The first-order valence-electron chi connectivity index (χ1n) is 13.4.